The molecule has 18 heavy (non-hydrogen) atoms. The number of alkyl halides is 4. The lowest BCUT2D eigenvalue weighted by Crippen LogP contribution is -2.45. The van der Waals surface area contributed by atoms with Crippen LogP contribution in [0.15, 0.2) is 0 Å². The van der Waals surface area contributed by atoms with Crippen molar-refractivity contribution in [3.05, 3.63) is 0 Å². The summed E-state index contributed by atoms with van der Waals surface area (Å²) in [4.78, 5) is 21.8. The van der Waals surface area contributed by atoms with Gasteiger partial charge < -0.3 is 15.2 Å². The lowest BCUT2D eigenvalue weighted by molar-refractivity contribution is -0.153. The van der Waals surface area contributed by atoms with Crippen LogP contribution in [0, 0.1) is 0 Å². The smallest absolute Gasteiger partial charge is 0.332 e. The fourth-order valence-corrected chi connectivity index (χ4v) is 1.41. The van der Waals surface area contributed by atoms with E-state index in [2.05, 4.69) is 0 Å². The molecule has 2 unspecified atom stereocenters. The molecule has 2 N–H and O–H groups in total. The Morgan fingerprint density at radius 2 is 1.89 bits per heavy atom. The summed E-state index contributed by atoms with van der Waals surface area (Å²) >= 11 is 0. The molecule has 1 rings (SSSR count). The SMILES string of the molecule is O=C(O)C1CCC(C(=O)NCC(F)(F)C(F)F)O1. The molecule has 5 nitrogen and oxygen atoms in total. The van der Waals surface area contributed by atoms with Crippen molar-refractivity contribution in [1.29, 1.82) is 0 Å². The van der Waals surface area contributed by atoms with E-state index in [1.165, 1.54) is 0 Å². The van der Waals surface area contributed by atoms with Gasteiger partial charge in [0.1, 0.15) is 6.10 Å². The van der Waals surface area contributed by atoms with Crippen LogP contribution in [-0.2, 0) is 14.3 Å². The number of carboxylic acid groups (broad SMARTS) is 1. The lowest BCUT2D eigenvalue weighted by Gasteiger charge is -2.17. The van der Waals surface area contributed by atoms with Crippen molar-refractivity contribution in [2.24, 2.45) is 0 Å². The molecule has 0 radical (unpaired) electrons. The number of halogens is 4. The summed E-state index contributed by atoms with van der Waals surface area (Å²) < 4.78 is 53.4. The second kappa shape index (κ2) is 5.51. The predicted molar refractivity (Wildman–Crippen MR) is 49.5 cm³/mol. The number of amides is 1. The van der Waals surface area contributed by atoms with Crippen molar-refractivity contribution in [2.75, 3.05) is 6.54 Å². The first kappa shape index (κ1) is 14.7. The minimum atomic E-state index is -4.32. The van der Waals surface area contributed by atoms with Crippen molar-refractivity contribution in [3.8, 4) is 0 Å². The van der Waals surface area contributed by atoms with E-state index in [-0.39, 0.29) is 12.8 Å². The van der Waals surface area contributed by atoms with Gasteiger partial charge in [-0.25, -0.2) is 13.6 Å². The molecule has 1 aliphatic rings. The third kappa shape index (κ3) is 3.56. The number of hydrogen-bond donors (Lipinski definition) is 2. The van der Waals surface area contributed by atoms with Gasteiger partial charge >= 0.3 is 18.3 Å². The summed E-state index contributed by atoms with van der Waals surface area (Å²) in [6, 6.07) is 0. The summed E-state index contributed by atoms with van der Waals surface area (Å²) in [6.07, 6.45) is -6.13. The zero-order chi connectivity index (χ0) is 13.9. The Morgan fingerprint density at radius 1 is 1.33 bits per heavy atom. The first-order valence-electron chi connectivity index (χ1n) is 5.06. The summed E-state index contributed by atoms with van der Waals surface area (Å²) in [7, 11) is 0. The van der Waals surface area contributed by atoms with Crippen LogP contribution in [0.1, 0.15) is 12.8 Å². The maximum atomic E-state index is 12.5. The number of carbonyl (C=O) groups excluding carboxylic acids is 1. The number of rotatable bonds is 5. The topological polar surface area (TPSA) is 75.6 Å². The Hall–Kier alpha value is -1.38. The number of aliphatic carboxylic acids is 1. The molecule has 0 spiro atoms. The van der Waals surface area contributed by atoms with Crippen LogP contribution in [-0.4, -0.2) is 48.1 Å². The summed E-state index contributed by atoms with van der Waals surface area (Å²) in [5.74, 6) is -6.59. The Bertz CT molecular complexity index is 337. The van der Waals surface area contributed by atoms with Gasteiger partial charge in [0.15, 0.2) is 6.10 Å². The van der Waals surface area contributed by atoms with Gasteiger partial charge in [-0.2, -0.15) is 8.78 Å². The number of carbonyl (C=O) groups is 2. The molecule has 1 heterocycles. The van der Waals surface area contributed by atoms with Crippen LogP contribution in [0.25, 0.3) is 0 Å². The second-order valence-corrected chi connectivity index (χ2v) is 3.81. The van der Waals surface area contributed by atoms with Crippen LogP contribution in [0.2, 0.25) is 0 Å². The maximum Gasteiger partial charge on any atom is 0.332 e. The molecular formula is C9H11F4NO4. The van der Waals surface area contributed by atoms with Crippen molar-refractivity contribution < 1.29 is 37.0 Å². The van der Waals surface area contributed by atoms with Crippen LogP contribution in [0.3, 0.4) is 0 Å². The average molecular weight is 273 g/mol. The molecule has 2 atom stereocenters. The molecule has 1 fully saturated rings. The van der Waals surface area contributed by atoms with E-state index in [4.69, 9.17) is 9.84 Å². The van der Waals surface area contributed by atoms with Crippen molar-refractivity contribution in [2.45, 2.75) is 37.4 Å². The van der Waals surface area contributed by atoms with E-state index in [1.807, 2.05) is 0 Å². The van der Waals surface area contributed by atoms with Gasteiger partial charge in [-0.05, 0) is 12.8 Å². The minimum Gasteiger partial charge on any atom is -0.479 e. The molecule has 0 aromatic rings. The van der Waals surface area contributed by atoms with E-state index in [1.54, 1.807) is 5.32 Å². The van der Waals surface area contributed by atoms with Gasteiger partial charge in [-0.15, -0.1) is 0 Å². The van der Waals surface area contributed by atoms with Gasteiger partial charge in [0.25, 0.3) is 0 Å². The largest absolute Gasteiger partial charge is 0.479 e. The Morgan fingerprint density at radius 3 is 2.33 bits per heavy atom. The number of ether oxygens (including phenoxy) is 1. The quantitative estimate of drug-likeness (QED) is 0.721. The fraction of sp³-hybridized carbons (Fsp3) is 0.778. The van der Waals surface area contributed by atoms with Crippen molar-refractivity contribution in [3.63, 3.8) is 0 Å². The highest BCUT2D eigenvalue weighted by Crippen LogP contribution is 2.23. The van der Waals surface area contributed by atoms with Crippen molar-refractivity contribution in [1.82, 2.24) is 5.32 Å². The van der Waals surface area contributed by atoms with E-state index >= 15 is 0 Å². The molecule has 9 heteroatoms. The summed E-state index contributed by atoms with van der Waals surface area (Å²) in [6.45, 7) is -1.51. The zero-order valence-electron chi connectivity index (χ0n) is 9.04. The Kier molecular flexibility index (Phi) is 4.49. The highest BCUT2D eigenvalue weighted by molar-refractivity contribution is 5.82. The highest BCUT2D eigenvalue weighted by Gasteiger charge is 2.42. The molecule has 0 aliphatic carbocycles. The Labute approximate surface area is 99.1 Å². The number of nitrogens with one attached hydrogen (secondary N) is 1. The molecular weight excluding hydrogens is 262 g/mol. The lowest BCUT2D eigenvalue weighted by atomic mass is 10.2. The van der Waals surface area contributed by atoms with Gasteiger partial charge in [0.05, 0.1) is 6.54 Å². The van der Waals surface area contributed by atoms with Crippen LogP contribution < -0.4 is 5.32 Å². The van der Waals surface area contributed by atoms with E-state index < -0.39 is 43.0 Å². The Balaban J connectivity index is 2.41. The van der Waals surface area contributed by atoms with Gasteiger partial charge in [0, 0.05) is 0 Å². The minimum absolute atomic E-state index is 0.0447. The second-order valence-electron chi connectivity index (χ2n) is 3.81. The maximum absolute atomic E-state index is 12.5. The molecule has 0 aromatic carbocycles. The molecule has 1 amide bonds. The van der Waals surface area contributed by atoms with Crippen molar-refractivity contribution >= 4 is 11.9 Å². The fourth-order valence-electron chi connectivity index (χ4n) is 1.41. The molecule has 0 aromatic heterocycles. The first-order valence-corrected chi connectivity index (χ1v) is 5.06. The predicted octanol–water partition coefficient (Wildman–Crippen LogP) is 0.635. The first-order chi connectivity index (χ1) is 8.24. The molecule has 1 saturated heterocycles. The highest BCUT2D eigenvalue weighted by atomic mass is 19.3. The van der Waals surface area contributed by atoms with E-state index in [9.17, 15) is 27.2 Å². The molecule has 1 aliphatic heterocycles. The van der Waals surface area contributed by atoms with Crippen LogP contribution in [0.4, 0.5) is 17.6 Å². The standard InChI is InChI=1S/C9H11F4NO4/c10-8(11)9(12,13)3-14-6(15)4-1-2-5(18-4)7(16)17/h4-5,8H,1-3H2,(H,14,15)(H,16,17). The summed E-state index contributed by atoms with van der Waals surface area (Å²) in [5.41, 5.74) is 0. The monoisotopic (exact) mass is 273 g/mol. The molecule has 104 valence electrons. The van der Waals surface area contributed by atoms with Gasteiger partial charge in [-0.3, -0.25) is 4.79 Å². The average Bonchev–Trinajstić information content (AvgIpc) is 2.75. The van der Waals surface area contributed by atoms with Gasteiger partial charge in [-0.1, -0.05) is 0 Å². The molecule has 0 saturated carbocycles. The normalized spacial score (nSPS) is 24.3. The van der Waals surface area contributed by atoms with E-state index in [0.29, 0.717) is 0 Å². The number of carboxylic acids is 1. The van der Waals surface area contributed by atoms with Gasteiger partial charge in [0.2, 0.25) is 5.91 Å². The van der Waals surface area contributed by atoms with Crippen LogP contribution in [0.5, 0.6) is 0 Å². The molecule has 0 bridgehead atoms. The number of hydrogen-bond acceptors (Lipinski definition) is 3. The van der Waals surface area contributed by atoms with Crippen LogP contribution >= 0.6 is 0 Å². The van der Waals surface area contributed by atoms with E-state index in [0.717, 1.165) is 0 Å². The third-order valence-corrected chi connectivity index (χ3v) is 2.41. The zero-order valence-corrected chi connectivity index (χ0v) is 9.04. The summed E-state index contributed by atoms with van der Waals surface area (Å²) in [5, 5.41) is 10.2. The third-order valence-electron chi connectivity index (χ3n) is 2.41.